The molecule has 0 aliphatic carbocycles. The third-order valence-corrected chi connectivity index (χ3v) is 3.23. The molecular formula is C18H20O2. The molecule has 0 fully saturated rings. The Morgan fingerprint density at radius 3 is 2.55 bits per heavy atom. The first-order valence-corrected chi connectivity index (χ1v) is 6.95. The molecule has 2 rings (SSSR count). The normalized spacial score (nSPS) is 10.3. The highest BCUT2D eigenvalue weighted by molar-refractivity contribution is 5.96. The summed E-state index contributed by atoms with van der Waals surface area (Å²) in [6.07, 6.45) is 1.93. The quantitative estimate of drug-likeness (QED) is 0.579. The second kappa shape index (κ2) is 6.90. The lowest BCUT2D eigenvalue weighted by Crippen LogP contribution is -2.04. The van der Waals surface area contributed by atoms with Gasteiger partial charge in [-0.2, -0.15) is 0 Å². The van der Waals surface area contributed by atoms with E-state index in [0.29, 0.717) is 17.9 Å². The lowest BCUT2D eigenvalue weighted by Gasteiger charge is -2.10. The second-order valence-corrected chi connectivity index (χ2v) is 4.99. The van der Waals surface area contributed by atoms with Crippen LogP contribution in [0.4, 0.5) is 0 Å². The van der Waals surface area contributed by atoms with Gasteiger partial charge in [0.15, 0.2) is 5.78 Å². The van der Waals surface area contributed by atoms with Crippen LogP contribution in [0.15, 0.2) is 48.5 Å². The average molecular weight is 268 g/mol. The molecule has 0 aromatic heterocycles. The van der Waals surface area contributed by atoms with Crippen molar-refractivity contribution < 1.29 is 9.53 Å². The van der Waals surface area contributed by atoms with Crippen LogP contribution in [0.3, 0.4) is 0 Å². The summed E-state index contributed by atoms with van der Waals surface area (Å²) in [4.78, 5) is 11.6. The molecule has 0 heterocycles. The lowest BCUT2D eigenvalue weighted by molar-refractivity contribution is 0.101. The number of ketones is 1. The third kappa shape index (κ3) is 3.95. The number of benzene rings is 2. The molecule has 0 aliphatic rings. The van der Waals surface area contributed by atoms with Crippen molar-refractivity contribution >= 4 is 5.78 Å². The second-order valence-electron chi connectivity index (χ2n) is 4.99. The van der Waals surface area contributed by atoms with Crippen LogP contribution < -0.4 is 4.74 Å². The Bertz CT molecular complexity index is 573. The van der Waals surface area contributed by atoms with Gasteiger partial charge in [-0.25, -0.2) is 0 Å². The van der Waals surface area contributed by atoms with Crippen molar-refractivity contribution in [3.05, 3.63) is 65.2 Å². The van der Waals surface area contributed by atoms with Crippen molar-refractivity contribution in [2.45, 2.75) is 26.7 Å². The molecule has 0 aliphatic heterocycles. The van der Waals surface area contributed by atoms with E-state index in [9.17, 15) is 4.79 Å². The van der Waals surface area contributed by atoms with Crippen LogP contribution in [-0.4, -0.2) is 12.4 Å². The van der Waals surface area contributed by atoms with E-state index in [2.05, 4.69) is 12.1 Å². The van der Waals surface area contributed by atoms with Gasteiger partial charge in [-0.05, 0) is 49.9 Å². The van der Waals surface area contributed by atoms with Gasteiger partial charge in [-0.15, -0.1) is 0 Å². The highest BCUT2D eigenvalue weighted by Crippen LogP contribution is 2.21. The SMILES string of the molecule is CC(=O)c1ccc(C)cc1OCCCc1ccccc1. The summed E-state index contributed by atoms with van der Waals surface area (Å²) in [6.45, 7) is 4.20. The molecule has 0 N–H and O–H groups in total. The van der Waals surface area contributed by atoms with Crippen LogP contribution in [0.5, 0.6) is 5.75 Å². The summed E-state index contributed by atoms with van der Waals surface area (Å²) in [5.41, 5.74) is 3.08. The fourth-order valence-electron chi connectivity index (χ4n) is 2.14. The Morgan fingerprint density at radius 2 is 1.85 bits per heavy atom. The average Bonchev–Trinajstić information content (AvgIpc) is 2.44. The molecule has 20 heavy (non-hydrogen) atoms. The molecule has 0 atom stereocenters. The predicted octanol–water partition coefficient (Wildman–Crippen LogP) is 4.21. The molecule has 0 bridgehead atoms. The van der Waals surface area contributed by atoms with E-state index in [1.807, 2.05) is 43.3 Å². The first kappa shape index (κ1) is 14.3. The summed E-state index contributed by atoms with van der Waals surface area (Å²) >= 11 is 0. The molecule has 2 heteroatoms. The molecular weight excluding hydrogens is 248 g/mol. The zero-order valence-electron chi connectivity index (χ0n) is 12.1. The molecule has 0 radical (unpaired) electrons. The monoisotopic (exact) mass is 268 g/mol. The van der Waals surface area contributed by atoms with E-state index < -0.39 is 0 Å². The number of rotatable bonds is 6. The first-order valence-electron chi connectivity index (χ1n) is 6.95. The van der Waals surface area contributed by atoms with Crippen molar-refractivity contribution in [2.75, 3.05) is 6.61 Å². The van der Waals surface area contributed by atoms with Gasteiger partial charge in [0.05, 0.1) is 12.2 Å². The number of Topliss-reactive ketones (excluding diaryl/α,β-unsaturated/α-hetero) is 1. The largest absolute Gasteiger partial charge is 0.493 e. The number of ether oxygens (including phenoxy) is 1. The van der Waals surface area contributed by atoms with Crippen LogP contribution in [0, 0.1) is 6.92 Å². The van der Waals surface area contributed by atoms with Crippen LogP contribution in [0.25, 0.3) is 0 Å². The number of hydrogen-bond donors (Lipinski definition) is 0. The van der Waals surface area contributed by atoms with Gasteiger partial charge in [-0.1, -0.05) is 36.4 Å². The van der Waals surface area contributed by atoms with Gasteiger partial charge in [0.2, 0.25) is 0 Å². The molecule has 0 spiro atoms. The predicted molar refractivity (Wildman–Crippen MR) is 81.4 cm³/mol. The molecule has 2 aromatic rings. The van der Waals surface area contributed by atoms with Gasteiger partial charge in [0.1, 0.15) is 5.75 Å². The molecule has 2 aromatic carbocycles. The minimum Gasteiger partial charge on any atom is -0.493 e. The Hall–Kier alpha value is -2.09. The maximum Gasteiger partial charge on any atom is 0.163 e. The van der Waals surface area contributed by atoms with E-state index in [4.69, 9.17) is 4.74 Å². The summed E-state index contributed by atoms with van der Waals surface area (Å²) in [5, 5.41) is 0. The molecule has 0 saturated heterocycles. The van der Waals surface area contributed by atoms with Gasteiger partial charge >= 0.3 is 0 Å². The van der Waals surface area contributed by atoms with Crippen LogP contribution in [0.2, 0.25) is 0 Å². The van der Waals surface area contributed by atoms with Crippen molar-refractivity contribution in [3.63, 3.8) is 0 Å². The maximum atomic E-state index is 11.6. The zero-order chi connectivity index (χ0) is 14.4. The van der Waals surface area contributed by atoms with Gasteiger partial charge in [-0.3, -0.25) is 4.79 Å². The lowest BCUT2D eigenvalue weighted by atomic mass is 10.1. The smallest absolute Gasteiger partial charge is 0.163 e. The van der Waals surface area contributed by atoms with E-state index in [0.717, 1.165) is 18.4 Å². The summed E-state index contributed by atoms with van der Waals surface area (Å²) in [5.74, 6) is 0.744. The van der Waals surface area contributed by atoms with Crippen LogP contribution in [0.1, 0.15) is 34.8 Å². The van der Waals surface area contributed by atoms with Crippen LogP contribution >= 0.6 is 0 Å². The molecule has 2 nitrogen and oxygen atoms in total. The van der Waals surface area contributed by atoms with Crippen molar-refractivity contribution in [2.24, 2.45) is 0 Å². The van der Waals surface area contributed by atoms with Crippen LogP contribution in [-0.2, 0) is 6.42 Å². The summed E-state index contributed by atoms with van der Waals surface area (Å²) < 4.78 is 5.78. The Kier molecular flexibility index (Phi) is 4.94. The Morgan fingerprint density at radius 1 is 1.10 bits per heavy atom. The standard InChI is InChI=1S/C18H20O2/c1-14-10-11-17(15(2)19)18(13-14)20-12-6-9-16-7-4-3-5-8-16/h3-5,7-8,10-11,13H,6,9,12H2,1-2H3. The fraction of sp³-hybridized carbons (Fsp3) is 0.278. The minimum absolute atomic E-state index is 0.0445. The Balaban J connectivity index is 1.91. The van der Waals surface area contributed by atoms with E-state index in [-0.39, 0.29) is 5.78 Å². The summed E-state index contributed by atoms with van der Waals surface area (Å²) in [7, 11) is 0. The third-order valence-electron chi connectivity index (χ3n) is 3.23. The fourth-order valence-corrected chi connectivity index (χ4v) is 2.14. The van der Waals surface area contributed by atoms with Crippen molar-refractivity contribution in [3.8, 4) is 5.75 Å². The van der Waals surface area contributed by atoms with Gasteiger partial charge in [0, 0.05) is 0 Å². The Labute approximate surface area is 120 Å². The van der Waals surface area contributed by atoms with Crippen molar-refractivity contribution in [1.82, 2.24) is 0 Å². The van der Waals surface area contributed by atoms with E-state index >= 15 is 0 Å². The van der Waals surface area contributed by atoms with E-state index in [1.165, 1.54) is 5.56 Å². The first-order chi connectivity index (χ1) is 9.66. The van der Waals surface area contributed by atoms with Gasteiger partial charge < -0.3 is 4.74 Å². The molecule has 0 saturated carbocycles. The summed E-state index contributed by atoms with van der Waals surface area (Å²) in [6, 6.07) is 16.1. The highest BCUT2D eigenvalue weighted by atomic mass is 16.5. The molecule has 0 unspecified atom stereocenters. The van der Waals surface area contributed by atoms with Gasteiger partial charge in [0.25, 0.3) is 0 Å². The topological polar surface area (TPSA) is 26.3 Å². The van der Waals surface area contributed by atoms with Crippen molar-refractivity contribution in [1.29, 1.82) is 0 Å². The zero-order valence-corrected chi connectivity index (χ0v) is 12.1. The number of aryl methyl sites for hydroxylation is 2. The number of carbonyl (C=O) groups is 1. The maximum absolute atomic E-state index is 11.6. The molecule has 104 valence electrons. The molecule has 0 amide bonds. The highest BCUT2D eigenvalue weighted by Gasteiger charge is 2.08. The number of hydrogen-bond acceptors (Lipinski definition) is 2. The minimum atomic E-state index is 0.0445. The number of carbonyl (C=O) groups excluding carboxylic acids is 1. The van der Waals surface area contributed by atoms with E-state index in [1.54, 1.807) is 6.92 Å².